The number of likely N-dealkylation sites (tertiary alicyclic amines) is 1. The third kappa shape index (κ3) is 2.96. The van der Waals surface area contributed by atoms with Gasteiger partial charge in [0.15, 0.2) is 0 Å². The van der Waals surface area contributed by atoms with Gasteiger partial charge in [0, 0.05) is 37.7 Å². The molecule has 0 bridgehead atoms. The van der Waals surface area contributed by atoms with Gasteiger partial charge in [-0.15, -0.1) is 11.8 Å². The molecule has 0 saturated carbocycles. The molecule has 114 valence electrons. The zero-order valence-corrected chi connectivity index (χ0v) is 13.1. The largest absolute Gasteiger partial charge is 0.396 e. The average Bonchev–Trinajstić information content (AvgIpc) is 2.82. The van der Waals surface area contributed by atoms with Gasteiger partial charge >= 0.3 is 0 Å². The summed E-state index contributed by atoms with van der Waals surface area (Å²) < 4.78 is 0. The van der Waals surface area contributed by atoms with Crippen molar-refractivity contribution in [3.8, 4) is 0 Å². The number of thioether (sulfide) groups is 1. The SMILES string of the molecule is CC(C)C(=O)N1CCSC12CCN(C(=O)CCO)CC2. The smallest absolute Gasteiger partial charge is 0.226 e. The maximum Gasteiger partial charge on any atom is 0.226 e. The number of hydrogen-bond donors (Lipinski definition) is 1. The quantitative estimate of drug-likeness (QED) is 0.842. The Balaban J connectivity index is 2.00. The lowest BCUT2D eigenvalue weighted by molar-refractivity contribution is -0.139. The molecule has 0 atom stereocenters. The first-order chi connectivity index (χ1) is 9.50. The van der Waals surface area contributed by atoms with Crippen molar-refractivity contribution < 1.29 is 14.7 Å². The van der Waals surface area contributed by atoms with Crippen LogP contribution in [0.25, 0.3) is 0 Å². The van der Waals surface area contributed by atoms with Crippen LogP contribution in [0.3, 0.4) is 0 Å². The van der Waals surface area contributed by atoms with E-state index in [1.807, 2.05) is 35.4 Å². The second-order valence-electron chi connectivity index (χ2n) is 5.79. The topological polar surface area (TPSA) is 60.9 Å². The van der Waals surface area contributed by atoms with Gasteiger partial charge < -0.3 is 14.9 Å². The van der Waals surface area contributed by atoms with Gasteiger partial charge in [0.25, 0.3) is 0 Å². The molecule has 2 heterocycles. The first-order valence-corrected chi connectivity index (χ1v) is 8.33. The standard InChI is InChI=1S/C14H24N2O3S/c1-11(2)13(19)16-8-10-20-14(16)4-6-15(7-5-14)12(18)3-9-17/h11,17H,3-10H2,1-2H3. The van der Waals surface area contributed by atoms with Crippen molar-refractivity contribution in [1.29, 1.82) is 0 Å². The first-order valence-electron chi connectivity index (χ1n) is 7.34. The van der Waals surface area contributed by atoms with E-state index < -0.39 is 0 Å². The Morgan fingerprint density at radius 1 is 1.25 bits per heavy atom. The Hall–Kier alpha value is -0.750. The second-order valence-corrected chi connectivity index (χ2v) is 7.25. The molecular formula is C14H24N2O3S. The summed E-state index contributed by atoms with van der Waals surface area (Å²) in [6.07, 6.45) is 1.88. The molecule has 0 unspecified atom stereocenters. The van der Waals surface area contributed by atoms with Gasteiger partial charge in [-0.1, -0.05) is 13.8 Å². The number of amides is 2. The minimum atomic E-state index is -0.0999. The van der Waals surface area contributed by atoms with Gasteiger partial charge in [0.1, 0.15) is 0 Å². The summed E-state index contributed by atoms with van der Waals surface area (Å²) in [5.74, 6) is 1.26. The van der Waals surface area contributed by atoms with Crippen LogP contribution in [0.4, 0.5) is 0 Å². The number of hydrogen-bond acceptors (Lipinski definition) is 4. The highest BCUT2D eigenvalue weighted by Gasteiger charge is 2.47. The van der Waals surface area contributed by atoms with Crippen molar-refractivity contribution in [3.05, 3.63) is 0 Å². The molecule has 2 aliphatic rings. The molecule has 2 saturated heterocycles. The number of aliphatic hydroxyl groups excluding tert-OH is 1. The predicted molar refractivity (Wildman–Crippen MR) is 79.3 cm³/mol. The van der Waals surface area contributed by atoms with E-state index in [9.17, 15) is 9.59 Å². The molecule has 1 spiro atoms. The number of carbonyl (C=O) groups is 2. The van der Waals surface area contributed by atoms with Gasteiger partial charge in [0.2, 0.25) is 11.8 Å². The van der Waals surface area contributed by atoms with Gasteiger partial charge in [-0.05, 0) is 12.8 Å². The summed E-state index contributed by atoms with van der Waals surface area (Å²) in [4.78, 5) is 27.9. The first kappa shape index (κ1) is 15.6. The molecule has 6 heteroatoms. The van der Waals surface area contributed by atoms with Crippen LogP contribution in [-0.2, 0) is 9.59 Å². The lowest BCUT2D eigenvalue weighted by atomic mass is 10.00. The maximum absolute atomic E-state index is 12.3. The molecule has 0 aromatic heterocycles. The molecule has 5 nitrogen and oxygen atoms in total. The van der Waals surface area contributed by atoms with Crippen molar-refractivity contribution in [2.24, 2.45) is 5.92 Å². The third-order valence-corrected chi connectivity index (χ3v) is 5.71. The van der Waals surface area contributed by atoms with E-state index in [2.05, 4.69) is 0 Å². The Morgan fingerprint density at radius 3 is 2.45 bits per heavy atom. The summed E-state index contributed by atoms with van der Waals surface area (Å²) in [7, 11) is 0. The van der Waals surface area contributed by atoms with Crippen LogP contribution < -0.4 is 0 Å². The fraction of sp³-hybridized carbons (Fsp3) is 0.857. The maximum atomic E-state index is 12.3. The van der Waals surface area contributed by atoms with Crippen molar-refractivity contribution in [3.63, 3.8) is 0 Å². The molecule has 0 radical (unpaired) electrons. The van der Waals surface area contributed by atoms with Crippen LogP contribution >= 0.6 is 11.8 Å². The molecular weight excluding hydrogens is 276 g/mol. The summed E-state index contributed by atoms with van der Waals surface area (Å²) in [5, 5.41) is 8.84. The highest BCUT2D eigenvalue weighted by Crippen LogP contribution is 2.44. The number of carbonyl (C=O) groups excluding carboxylic acids is 2. The third-order valence-electron chi connectivity index (χ3n) is 4.16. The van der Waals surface area contributed by atoms with Crippen molar-refractivity contribution in [2.75, 3.05) is 32.0 Å². The Morgan fingerprint density at radius 2 is 1.90 bits per heavy atom. The van der Waals surface area contributed by atoms with Crippen LogP contribution in [0, 0.1) is 5.92 Å². The van der Waals surface area contributed by atoms with E-state index in [-0.39, 0.29) is 35.6 Å². The van der Waals surface area contributed by atoms with Crippen molar-refractivity contribution in [1.82, 2.24) is 9.80 Å². The van der Waals surface area contributed by atoms with E-state index in [4.69, 9.17) is 5.11 Å². The summed E-state index contributed by atoms with van der Waals surface area (Å²) >= 11 is 1.86. The van der Waals surface area contributed by atoms with E-state index in [1.165, 1.54) is 0 Å². The van der Waals surface area contributed by atoms with Crippen LogP contribution in [0.1, 0.15) is 33.1 Å². The molecule has 0 aliphatic carbocycles. The fourth-order valence-corrected chi connectivity index (χ4v) is 4.47. The fourth-order valence-electron chi connectivity index (χ4n) is 3.00. The van der Waals surface area contributed by atoms with E-state index >= 15 is 0 Å². The summed E-state index contributed by atoms with van der Waals surface area (Å²) in [6, 6.07) is 0. The van der Waals surface area contributed by atoms with Gasteiger partial charge in [-0.2, -0.15) is 0 Å². The zero-order chi connectivity index (χ0) is 14.8. The number of aliphatic hydroxyl groups is 1. The molecule has 1 N–H and O–H groups in total. The molecule has 2 amide bonds. The number of piperidine rings is 1. The molecule has 0 aromatic rings. The normalized spacial score (nSPS) is 21.8. The Bertz CT molecular complexity index is 379. The minimum Gasteiger partial charge on any atom is -0.396 e. The molecule has 20 heavy (non-hydrogen) atoms. The zero-order valence-electron chi connectivity index (χ0n) is 12.3. The summed E-state index contributed by atoms with van der Waals surface area (Å²) in [6.45, 7) is 6.00. The highest BCUT2D eigenvalue weighted by molar-refractivity contribution is 8.00. The van der Waals surface area contributed by atoms with Crippen molar-refractivity contribution in [2.45, 2.75) is 38.0 Å². The van der Waals surface area contributed by atoms with E-state index in [1.54, 1.807) is 0 Å². The Labute approximate surface area is 124 Å². The average molecular weight is 300 g/mol. The molecule has 2 fully saturated rings. The van der Waals surface area contributed by atoms with Gasteiger partial charge in [-0.3, -0.25) is 9.59 Å². The second kappa shape index (κ2) is 6.35. The monoisotopic (exact) mass is 300 g/mol. The van der Waals surface area contributed by atoms with E-state index in [0.717, 1.165) is 25.1 Å². The van der Waals surface area contributed by atoms with E-state index in [0.29, 0.717) is 13.1 Å². The van der Waals surface area contributed by atoms with Crippen LogP contribution in [0.5, 0.6) is 0 Å². The lowest BCUT2D eigenvalue weighted by Gasteiger charge is -2.44. The van der Waals surface area contributed by atoms with Gasteiger partial charge in [-0.25, -0.2) is 0 Å². The predicted octanol–water partition coefficient (Wildman–Crippen LogP) is 0.919. The lowest BCUT2D eigenvalue weighted by Crippen LogP contribution is -2.54. The highest BCUT2D eigenvalue weighted by atomic mass is 32.2. The Kier molecular flexibility index (Phi) is 4.96. The molecule has 0 aromatic carbocycles. The minimum absolute atomic E-state index is 0.0204. The van der Waals surface area contributed by atoms with Crippen molar-refractivity contribution >= 4 is 23.6 Å². The molecule has 2 rings (SSSR count). The van der Waals surface area contributed by atoms with Crippen LogP contribution in [0.2, 0.25) is 0 Å². The summed E-state index contributed by atoms with van der Waals surface area (Å²) in [5.41, 5.74) is 0. The van der Waals surface area contributed by atoms with Gasteiger partial charge in [0.05, 0.1) is 11.5 Å². The van der Waals surface area contributed by atoms with Crippen LogP contribution in [0.15, 0.2) is 0 Å². The number of rotatable bonds is 3. The van der Waals surface area contributed by atoms with Crippen LogP contribution in [-0.4, -0.2) is 63.6 Å². The number of nitrogens with zero attached hydrogens (tertiary/aromatic N) is 2. The molecule has 2 aliphatic heterocycles.